The number of rotatable bonds is 11. The van der Waals surface area contributed by atoms with Crippen LogP contribution >= 0.6 is 7.26 Å². The molecule has 0 spiro atoms. The molecule has 0 saturated heterocycles. The smallest absolute Gasteiger partial charge is 0.410 e. The van der Waals surface area contributed by atoms with Crippen molar-refractivity contribution in [3.63, 3.8) is 0 Å². The van der Waals surface area contributed by atoms with Crippen molar-refractivity contribution in [1.29, 1.82) is 0 Å². The molecule has 6 nitrogen and oxygen atoms in total. The first-order valence-electron chi connectivity index (χ1n) is 12.6. The van der Waals surface area contributed by atoms with Crippen LogP contribution < -0.4 is 45.2 Å². The lowest BCUT2D eigenvalue weighted by Crippen LogP contribution is -3.00. The summed E-state index contributed by atoms with van der Waals surface area (Å²) in [6.45, 7) is 6.62. The third-order valence-corrected chi connectivity index (χ3v) is 10.2. The van der Waals surface area contributed by atoms with Gasteiger partial charge in [0.1, 0.15) is 35.3 Å². The lowest BCUT2D eigenvalue weighted by Gasteiger charge is -2.27. The molecule has 0 bridgehead atoms. The lowest BCUT2D eigenvalue weighted by molar-refractivity contribution is -0.122. The highest BCUT2D eigenvalue weighted by Gasteiger charge is 2.44. The minimum Gasteiger partial charge on any atom is -1.00 e. The van der Waals surface area contributed by atoms with Gasteiger partial charge in [-0.05, 0) is 57.2 Å². The average molecular weight is 649 g/mol. The van der Waals surface area contributed by atoms with Crippen LogP contribution in [-0.4, -0.2) is 62.0 Å². The molecule has 0 fully saturated rings. The minimum absolute atomic E-state index is 0. The second-order valence-electron chi connectivity index (χ2n) is 9.84. The van der Waals surface area contributed by atoms with Gasteiger partial charge in [-0.15, -0.1) is 0 Å². The number of likely N-dealkylation sites (N-methyl/N-ethyl adjacent to an activating group) is 1. The number of hydrogen-bond acceptors (Lipinski definition) is 4. The largest absolute Gasteiger partial charge is 1.00 e. The second-order valence-corrected chi connectivity index (χ2v) is 13.5. The third-order valence-electron chi connectivity index (χ3n) is 5.82. The van der Waals surface area contributed by atoms with Gasteiger partial charge in [0.25, 0.3) is 0 Å². The summed E-state index contributed by atoms with van der Waals surface area (Å²) in [7, 11) is -0.393. The summed E-state index contributed by atoms with van der Waals surface area (Å²) < 4.78 is 11.3. The first-order valence-corrected chi connectivity index (χ1v) is 14.5. The Balaban J connectivity index is 0.00000507. The fourth-order valence-corrected chi connectivity index (χ4v) is 8.24. The first-order chi connectivity index (χ1) is 17.7. The van der Waals surface area contributed by atoms with E-state index in [1.54, 1.807) is 27.8 Å². The van der Waals surface area contributed by atoms with E-state index < -0.39 is 19.0 Å². The molecule has 3 aromatic carbocycles. The van der Waals surface area contributed by atoms with Crippen molar-refractivity contribution in [2.75, 3.05) is 39.5 Å². The Morgan fingerprint density at radius 2 is 1.24 bits per heavy atom. The van der Waals surface area contributed by atoms with Gasteiger partial charge < -0.3 is 43.7 Å². The molecule has 0 saturated carbocycles. The fourth-order valence-electron chi connectivity index (χ4n) is 4.12. The van der Waals surface area contributed by atoms with Crippen molar-refractivity contribution in [2.45, 2.75) is 26.4 Å². The number of nitrogens with zero attached hydrogens (tertiary/aromatic N) is 1. The Morgan fingerprint density at radius 3 is 1.66 bits per heavy atom. The quantitative estimate of drug-likeness (QED) is 0.192. The minimum atomic E-state index is -1.94. The van der Waals surface area contributed by atoms with Gasteiger partial charge in [-0.25, -0.2) is 4.79 Å². The second kappa shape index (κ2) is 15.2. The van der Waals surface area contributed by atoms with E-state index in [2.05, 4.69) is 78.1 Å². The summed E-state index contributed by atoms with van der Waals surface area (Å²) >= 11 is 0. The van der Waals surface area contributed by atoms with Gasteiger partial charge in [0, 0.05) is 13.6 Å². The van der Waals surface area contributed by atoms with Crippen molar-refractivity contribution < 1.29 is 43.0 Å². The predicted octanol–water partition coefficient (Wildman–Crippen LogP) is 0.984. The SMILES string of the molecule is CN(CC(=O)NCCOCC[P+](c1ccccc1)(c1ccccc1)c1ccccc1)C(=O)OC(C)(C)C.[I-]. The van der Waals surface area contributed by atoms with E-state index in [1.807, 2.05) is 18.2 Å². The van der Waals surface area contributed by atoms with E-state index in [1.165, 1.54) is 20.8 Å². The predicted molar refractivity (Wildman–Crippen MR) is 153 cm³/mol. The highest BCUT2D eigenvalue weighted by molar-refractivity contribution is 7.95. The van der Waals surface area contributed by atoms with Crippen molar-refractivity contribution in [2.24, 2.45) is 0 Å². The molecule has 204 valence electrons. The molecule has 0 radical (unpaired) electrons. The number of carbonyl (C=O) groups excluding carboxylic acids is 2. The van der Waals surface area contributed by atoms with Crippen molar-refractivity contribution in [1.82, 2.24) is 10.2 Å². The Kier molecular flexibility index (Phi) is 12.7. The van der Waals surface area contributed by atoms with E-state index in [4.69, 9.17) is 9.47 Å². The molecule has 0 heterocycles. The molecule has 0 aliphatic heterocycles. The average Bonchev–Trinajstić information content (AvgIpc) is 2.89. The van der Waals surface area contributed by atoms with Crippen LogP contribution in [0.2, 0.25) is 0 Å². The number of nitrogens with one attached hydrogen (secondary N) is 1. The van der Waals surface area contributed by atoms with Gasteiger partial charge in [0.15, 0.2) is 0 Å². The maximum Gasteiger partial charge on any atom is 0.410 e. The first kappa shape index (κ1) is 31.7. The zero-order chi connectivity index (χ0) is 26.7. The fraction of sp³-hybridized carbons (Fsp3) is 0.333. The van der Waals surface area contributed by atoms with Crippen LogP contribution in [0.4, 0.5) is 4.79 Å². The Labute approximate surface area is 244 Å². The van der Waals surface area contributed by atoms with Crippen molar-refractivity contribution in [3.05, 3.63) is 91.0 Å². The molecule has 0 aliphatic rings. The summed E-state index contributed by atoms with van der Waals surface area (Å²) in [5.41, 5.74) is -0.604. The standard InChI is InChI=1S/C30H37N2O4P.HI/c1-30(2,3)36-29(34)32(4)24-28(33)31-20-21-35-22-23-37(25-14-8-5-9-15-25,26-16-10-6-11-17-26)27-18-12-7-13-19-27;/h5-19H,20-24H2,1-4H3;1H. The molecule has 0 aliphatic carbocycles. The number of ether oxygens (including phenoxy) is 2. The lowest BCUT2D eigenvalue weighted by atomic mass is 10.2. The Bertz CT molecular complexity index is 1030. The van der Waals surface area contributed by atoms with Gasteiger partial charge in [0.2, 0.25) is 5.91 Å². The Morgan fingerprint density at radius 1 is 0.789 bits per heavy atom. The molecule has 3 aromatic rings. The number of amides is 2. The van der Waals surface area contributed by atoms with Gasteiger partial charge >= 0.3 is 6.09 Å². The van der Waals surface area contributed by atoms with Crippen LogP contribution in [0.15, 0.2) is 91.0 Å². The molecule has 3 rings (SSSR count). The molecule has 38 heavy (non-hydrogen) atoms. The monoisotopic (exact) mass is 648 g/mol. The number of carbonyl (C=O) groups is 2. The van der Waals surface area contributed by atoms with E-state index >= 15 is 0 Å². The van der Waals surface area contributed by atoms with Crippen LogP contribution in [-0.2, 0) is 14.3 Å². The molecular weight excluding hydrogens is 610 g/mol. The summed E-state index contributed by atoms with van der Waals surface area (Å²) in [6.07, 6.45) is 0.322. The number of hydrogen-bond donors (Lipinski definition) is 1. The van der Waals surface area contributed by atoms with Gasteiger partial charge in [-0.3, -0.25) is 4.79 Å². The zero-order valence-electron chi connectivity index (χ0n) is 22.6. The van der Waals surface area contributed by atoms with Crippen LogP contribution in [0.5, 0.6) is 0 Å². The van der Waals surface area contributed by atoms with Crippen molar-refractivity contribution >= 4 is 35.2 Å². The van der Waals surface area contributed by atoms with Crippen LogP contribution in [0, 0.1) is 0 Å². The summed E-state index contributed by atoms with van der Waals surface area (Å²) in [5, 5.41) is 6.76. The van der Waals surface area contributed by atoms with Gasteiger partial charge in [-0.2, -0.15) is 0 Å². The van der Waals surface area contributed by atoms with E-state index in [9.17, 15) is 9.59 Å². The maximum absolute atomic E-state index is 12.3. The highest BCUT2D eigenvalue weighted by atomic mass is 127. The third kappa shape index (κ3) is 9.07. The molecular formula is C30H38IN2O4P. The molecule has 0 atom stereocenters. The molecule has 8 heteroatoms. The maximum atomic E-state index is 12.3. The van der Waals surface area contributed by atoms with Gasteiger partial charge in [-0.1, -0.05) is 54.6 Å². The summed E-state index contributed by atoms with van der Waals surface area (Å²) in [6, 6.07) is 32.0. The van der Waals surface area contributed by atoms with E-state index in [-0.39, 0.29) is 36.4 Å². The van der Waals surface area contributed by atoms with E-state index in [0.717, 1.165) is 6.16 Å². The summed E-state index contributed by atoms with van der Waals surface area (Å²) in [5.74, 6) is -0.253. The van der Waals surface area contributed by atoms with Crippen LogP contribution in [0.1, 0.15) is 20.8 Å². The number of halogens is 1. The highest BCUT2D eigenvalue weighted by Crippen LogP contribution is 2.54. The number of benzene rings is 3. The van der Waals surface area contributed by atoms with Gasteiger partial charge in [0.05, 0.1) is 19.4 Å². The van der Waals surface area contributed by atoms with E-state index in [0.29, 0.717) is 19.8 Å². The molecule has 2 amide bonds. The summed E-state index contributed by atoms with van der Waals surface area (Å²) in [4.78, 5) is 25.6. The molecule has 1 N–H and O–H groups in total. The normalized spacial score (nSPS) is 11.3. The zero-order valence-corrected chi connectivity index (χ0v) is 25.7. The molecule has 0 aromatic heterocycles. The molecule has 0 unspecified atom stereocenters. The van der Waals surface area contributed by atoms with Crippen LogP contribution in [0.25, 0.3) is 0 Å². The van der Waals surface area contributed by atoms with Crippen molar-refractivity contribution in [3.8, 4) is 0 Å². The van der Waals surface area contributed by atoms with Crippen LogP contribution in [0.3, 0.4) is 0 Å². The topological polar surface area (TPSA) is 67.9 Å². The Hall–Kier alpha value is -2.48.